The third-order valence-electron chi connectivity index (χ3n) is 5.51. The minimum atomic E-state index is -1.12. The molecule has 0 radical (unpaired) electrons. The fourth-order valence-corrected chi connectivity index (χ4v) is 4.17. The summed E-state index contributed by atoms with van der Waals surface area (Å²) in [6, 6.07) is 1.39. The highest BCUT2D eigenvalue weighted by atomic mass is 127. The van der Waals surface area contributed by atoms with Crippen LogP contribution in [0.4, 0.5) is 0 Å². The maximum atomic E-state index is 13.4. The molecule has 1 aromatic carbocycles. The Morgan fingerprint density at radius 3 is 2.24 bits per heavy atom. The van der Waals surface area contributed by atoms with E-state index in [9.17, 15) is 29.1 Å². The number of phenolic OH excluding ortho intramolecular Hbond substituents is 1. The van der Waals surface area contributed by atoms with Crippen LogP contribution in [0.3, 0.4) is 0 Å². The molecule has 1 aromatic rings. The van der Waals surface area contributed by atoms with E-state index in [1.165, 1.54) is 20.0 Å². The minimum absolute atomic E-state index is 0.0445. The van der Waals surface area contributed by atoms with E-state index < -0.39 is 47.7 Å². The molecule has 0 fully saturated rings. The molecule has 15 heteroatoms. The second-order valence-electron chi connectivity index (χ2n) is 8.63. The van der Waals surface area contributed by atoms with Crippen LogP contribution in [0.15, 0.2) is 23.2 Å². The third kappa shape index (κ3) is 11.2. The number of rotatable bonds is 15. The number of primary amides is 2. The second kappa shape index (κ2) is 15.6. The highest BCUT2D eigenvalue weighted by Crippen LogP contribution is 2.21. The van der Waals surface area contributed by atoms with Crippen molar-refractivity contribution in [1.29, 1.82) is 0 Å². The Kier molecular flexibility index (Phi) is 13.3. The number of carbonyl (C=O) groups is 5. The summed E-state index contributed by atoms with van der Waals surface area (Å²) in [6.07, 6.45) is 0.223. The van der Waals surface area contributed by atoms with E-state index in [2.05, 4.69) is 15.6 Å². The first-order chi connectivity index (χ1) is 17.7. The highest BCUT2D eigenvalue weighted by molar-refractivity contribution is 14.1. The fraction of sp³-hybridized carbons (Fsp3) is 0.478. The van der Waals surface area contributed by atoms with E-state index in [4.69, 9.17) is 22.9 Å². The summed E-state index contributed by atoms with van der Waals surface area (Å²) in [6.45, 7) is 1.39. The summed E-state index contributed by atoms with van der Waals surface area (Å²) in [5.41, 5.74) is 22.1. The van der Waals surface area contributed by atoms with E-state index >= 15 is 0 Å². The largest absolute Gasteiger partial charge is 0.507 e. The van der Waals surface area contributed by atoms with Gasteiger partial charge in [-0.3, -0.25) is 29.0 Å². The molecule has 0 saturated carbocycles. The molecule has 0 heterocycles. The number of hydrogen-bond acceptors (Lipinski definition) is 7. The molecule has 0 spiro atoms. The van der Waals surface area contributed by atoms with Crippen molar-refractivity contribution < 1.29 is 29.1 Å². The first-order valence-corrected chi connectivity index (χ1v) is 12.7. The van der Waals surface area contributed by atoms with Gasteiger partial charge in [-0.1, -0.05) is 6.07 Å². The molecule has 5 amide bonds. The monoisotopic (exact) mass is 646 g/mol. The van der Waals surface area contributed by atoms with E-state index in [0.717, 1.165) is 4.90 Å². The predicted molar refractivity (Wildman–Crippen MR) is 148 cm³/mol. The van der Waals surface area contributed by atoms with Gasteiger partial charge in [0.15, 0.2) is 5.96 Å². The van der Waals surface area contributed by atoms with Crippen molar-refractivity contribution in [3.05, 3.63) is 27.3 Å². The predicted octanol–water partition coefficient (Wildman–Crippen LogP) is -1.84. The fourth-order valence-electron chi connectivity index (χ4n) is 3.59. The molecule has 1 rings (SSSR count). The summed E-state index contributed by atoms with van der Waals surface area (Å²) >= 11 is 1.93. The van der Waals surface area contributed by atoms with Crippen LogP contribution in [0.1, 0.15) is 38.2 Å². The first kappa shape index (κ1) is 32.4. The Hall–Kier alpha value is -3.63. The number of aliphatic imine (C=N–C) groups is 1. The number of hydrogen-bond donors (Lipinski definition) is 7. The molecular formula is C23H35IN8O6. The molecule has 0 aliphatic rings. The summed E-state index contributed by atoms with van der Waals surface area (Å²) in [7, 11) is 1.37. The Morgan fingerprint density at radius 1 is 1.05 bits per heavy atom. The van der Waals surface area contributed by atoms with Gasteiger partial charge in [-0.25, -0.2) is 0 Å². The summed E-state index contributed by atoms with van der Waals surface area (Å²) in [5.74, 6) is -3.33. The molecule has 0 unspecified atom stereocenters. The van der Waals surface area contributed by atoms with Gasteiger partial charge >= 0.3 is 0 Å². The molecule has 0 aliphatic carbocycles. The van der Waals surface area contributed by atoms with Gasteiger partial charge in [0, 0.05) is 33.4 Å². The highest BCUT2D eigenvalue weighted by Gasteiger charge is 2.33. The Labute approximate surface area is 234 Å². The quantitative estimate of drug-likeness (QED) is 0.0492. The molecule has 14 nitrogen and oxygen atoms in total. The molecule has 3 atom stereocenters. The van der Waals surface area contributed by atoms with Crippen molar-refractivity contribution in [1.82, 2.24) is 15.5 Å². The van der Waals surface area contributed by atoms with Gasteiger partial charge in [0.2, 0.25) is 29.5 Å². The van der Waals surface area contributed by atoms with E-state index in [-0.39, 0.29) is 43.9 Å². The zero-order chi connectivity index (χ0) is 29.0. The molecule has 0 aromatic heterocycles. The topological polar surface area (TPSA) is 249 Å². The molecule has 0 aliphatic heterocycles. The standard InChI is InChI=1S/C23H35IN8O6/c1-12(33)30-15(6-8-19(25)35)22(38)32(2)17(4-3-9-29-23(27)28)21(37)31-16(20(26)36)11-13-5-7-18(34)14(24)10-13/h5,7,10,15-17,34H,3-4,6,8-9,11H2,1-2H3,(H2,25,35)(H2,26,36)(H,30,33)(H,31,37)(H4,27,28,29)/t15-,16-,17-/m0/s1. The van der Waals surface area contributed by atoms with Crippen LogP contribution in [-0.4, -0.2) is 77.2 Å². The van der Waals surface area contributed by atoms with Crippen molar-refractivity contribution in [2.75, 3.05) is 13.6 Å². The molecule has 0 saturated heterocycles. The number of phenols is 1. The summed E-state index contributed by atoms with van der Waals surface area (Å²) in [4.78, 5) is 66.7. The lowest BCUT2D eigenvalue weighted by Crippen LogP contribution is -2.57. The Balaban J connectivity index is 3.18. The summed E-state index contributed by atoms with van der Waals surface area (Å²) < 4.78 is 0.553. The van der Waals surface area contributed by atoms with Gasteiger partial charge in [-0.2, -0.15) is 0 Å². The van der Waals surface area contributed by atoms with E-state index in [1.54, 1.807) is 12.1 Å². The summed E-state index contributed by atoms with van der Waals surface area (Å²) in [5, 5.41) is 14.8. The van der Waals surface area contributed by atoms with Gasteiger partial charge in [-0.15, -0.1) is 0 Å². The Bertz CT molecular complexity index is 1060. The van der Waals surface area contributed by atoms with E-state index in [1.807, 2.05) is 22.6 Å². The number of carbonyl (C=O) groups excluding carboxylic acids is 5. The van der Waals surface area contributed by atoms with Crippen LogP contribution in [0.25, 0.3) is 0 Å². The van der Waals surface area contributed by atoms with Crippen molar-refractivity contribution in [2.24, 2.45) is 27.9 Å². The number of nitrogens with one attached hydrogen (secondary N) is 2. The van der Waals surface area contributed by atoms with Crippen LogP contribution in [0.2, 0.25) is 0 Å². The number of halogens is 1. The molecule has 210 valence electrons. The third-order valence-corrected chi connectivity index (χ3v) is 6.38. The lowest BCUT2D eigenvalue weighted by atomic mass is 10.0. The Morgan fingerprint density at radius 2 is 1.71 bits per heavy atom. The van der Waals surface area contributed by atoms with Gasteiger partial charge in [-0.05, 0) is 59.5 Å². The van der Waals surface area contributed by atoms with Gasteiger partial charge in [0.25, 0.3) is 0 Å². The van der Waals surface area contributed by atoms with Crippen molar-refractivity contribution in [3.8, 4) is 5.75 Å². The van der Waals surface area contributed by atoms with Gasteiger partial charge in [0.1, 0.15) is 23.9 Å². The SMILES string of the molecule is CC(=O)N[C@@H](CCC(N)=O)C(=O)N(C)[C@@H](CCCN=C(N)N)C(=O)N[C@@H](Cc1ccc(O)c(I)c1)C(N)=O. The van der Waals surface area contributed by atoms with Crippen LogP contribution < -0.4 is 33.6 Å². The number of amides is 5. The molecule has 38 heavy (non-hydrogen) atoms. The number of benzene rings is 1. The number of nitrogens with two attached hydrogens (primary N) is 4. The van der Waals surface area contributed by atoms with Gasteiger partial charge in [0.05, 0.1) is 3.57 Å². The number of aromatic hydroxyl groups is 1. The number of nitrogens with zero attached hydrogens (tertiary/aromatic N) is 2. The zero-order valence-electron chi connectivity index (χ0n) is 21.3. The normalized spacial score (nSPS) is 12.9. The lowest BCUT2D eigenvalue weighted by Gasteiger charge is -2.31. The van der Waals surface area contributed by atoms with Crippen LogP contribution >= 0.6 is 22.6 Å². The smallest absolute Gasteiger partial charge is 0.245 e. The maximum Gasteiger partial charge on any atom is 0.245 e. The molecule has 0 bridgehead atoms. The van der Waals surface area contributed by atoms with Crippen molar-refractivity contribution in [2.45, 2.75) is 57.2 Å². The van der Waals surface area contributed by atoms with Crippen molar-refractivity contribution in [3.63, 3.8) is 0 Å². The number of likely N-dealkylation sites (N-methyl/N-ethyl adjacent to an activating group) is 1. The number of guanidine groups is 1. The lowest BCUT2D eigenvalue weighted by molar-refractivity contribution is -0.142. The average Bonchev–Trinajstić information content (AvgIpc) is 2.82. The van der Waals surface area contributed by atoms with Crippen LogP contribution in [0.5, 0.6) is 5.75 Å². The van der Waals surface area contributed by atoms with Gasteiger partial charge < -0.3 is 43.6 Å². The minimum Gasteiger partial charge on any atom is -0.507 e. The molecular weight excluding hydrogens is 611 g/mol. The first-order valence-electron chi connectivity index (χ1n) is 11.7. The van der Waals surface area contributed by atoms with Crippen LogP contribution in [-0.2, 0) is 30.4 Å². The average molecular weight is 646 g/mol. The maximum absolute atomic E-state index is 13.4. The van der Waals surface area contributed by atoms with Crippen molar-refractivity contribution >= 4 is 58.1 Å². The van der Waals surface area contributed by atoms with Crippen LogP contribution in [0, 0.1) is 3.57 Å². The van der Waals surface area contributed by atoms with E-state index in [0.29, 0.717) is 15.6 Å². The molecule has 11 N–H and O–H groups in total. The second-order valence-corrected chi connectivity index (χ2v) is 9.79. The zero-order valence-corrected chi connectivity index (χ0v) is 23.4.